The predicted molar refractivity (Wildman–Crippen MR) is 86.6 cm³/mol. The van der Waals surface area contributed by atoms with Crippen LogP contribution in [0.25, 0.3) is 0 Å². The molecular formula is C18H24OS. The van der Waals surface area contributed by atoms with Gasteiger partial charge in [0, 0.05) is 5.41 Å². The highest BCUT2D eigenvalue weighted by Gasteiger charge is 2.57. The molecule has 1 aromatic carbocycles. The van der Waals surface area contributed by atoms with Gasteiger partial charge in [0.2, 0.25) is 0 Å². The number of benzene rings is 1. The SMILES string of the molecule is CC1(C)[C@H]2C=C(S[C@H](CO)c3ccccc3)[C@]1(C)CC2. The van der Waals surface area contributed by atoms with E-state index in [2.05, 4.69) is 51.1 Å². The number of thioether (sulfide) groups is 1. The van der Waals surface area contributed by atoms with Crippen molar-refractivity contribution in [2.24, 2.45) is 16.7 Å². The smallest absolute Gasteiger partial charge is 0.0594 e. The Morgan fingerprint density at radius 2 is 1.95 bits per heavy atom. The van der Waals surface area contributed by atoms with Crippen molar-refractivity contribution in [2.75, 3.05) is 6.61 Å². The highest BCUT2D eigenvalue weighted by molar-refractivity contribution is 8.03. The molecule has 1 aromatic rings. The molecule has 1 fully saturated rings. The molecule has 0 unspecified atom stereocenters. The number of hydrogen-bond acceptors (Lipinski definition) is 2. The first-order valence-corrected chi connectivity index (χ1v) is 8.42. The Bertz CT molecular complexity index is 519. The van der Waals surface area contributed by atoms with Crippen LogP contribution >= 0.6 is 11.8 Å². The average Bonchev–Trinajstić information content (AvgIpc) is 2.78. The van der Waals surface area contributed by atoms with E-state index < -0.39 is 0 Å². The molecule has 1 saturated carbocycles. The largest absolute Gasteiger partial charge is 0.395 e. The minimum atomic E-state index is 0.162. The molecule has 3 atom stereocenters. The summed E-state index contributed by atoms with van der Waals surface area (Å²) in [7, 11) is 0. The van der Waals surface area contributed by atoms with Gasteiger partial charge < -0.3 is 5.11 Å². The highest BCUT2D eigenvalue weighted by Crippen LogP contribution is 2.68. The molecule has 2 heteroatoms. The summed E-state index contributed by atoms with van der Waals surface area (Å²) in [4.78, 5) is 1.50. The first-order chi connectivity index (χ1) is 9.49. The molecular weight excluding hydrogens is 264 g/mol. The van der Waals surface area contributed by atoms with E-state index in [1.165, 1.54) is 23.3 Å². The number of allylic oxidation sites excluding steroid dienone is 2. The third-order valence-electron chi connectivity index (χ3n) is 5.81. The van der Waals surface area contributed by atoms with Crippen LogP contribution < -0.4 is 0 Å². The highest BCUT2D eigenvalue weighted by atomic mass is 32.2. The van der Waals surface area contributed by atoms with Gasteiger partial charge >= 0.3 is 0 Å². The average molecular weight is 288 g/mol. The maximum absolute atomic E-state index is 9.78. The molecule has 3 rings (SSSR count). The summed E-state index contributed by atoms with van der Waals surface area (Å²) in [6.45, 7) is 7.43. The Hall–Kier alpha value is -0.730. The molecule has 2 aliphatic carbocycles. The second-order valence-corrected chi connectivity index (χ2v) is 8.17. The molecule has 1 nitrogen and oxygen atoms in total. The normalized spacial score (nSPS) is 32.2. The lowest BCUT2D eigenvalue weighted by atomic mass is 9.70. The van der Waals surface area contributed by atoms with Crippen molar-refractivity contribution >= 4 is 11.8 Å². The summed E-state index contributed by atoms with van der Waals surface area (Å²) in [5.74, 6) is 0.713. The Balaban J connectivity index is 1.84. The third-order valence-corrected chi connectivity index (χ3v) is 7.35. The number of aliphatic hydroxyl groups excluding tert-OH is 1. The van der Waals surface area contributed by atoms with E-state index in [1.807, 2.05) is 17.8 Å². The van der Waals surface area contributed by atoms with Gasteiger partial charge in [0.25, 0.3) is 0 Å². The summed E-state index contributed by atoms with van der Waals surface area (Å²) >= 11 is 1.88. The van der Waals surface area contributed by atoms with E-state index in [4.69, 9.17) is 0 Å². The maximum Gasteiger partial charge on any atom is 0.0594 e. The summed E-state index contributed by atoms with van der Waals surface area (Å²) in [6.07, 6.45) is 5.10. The lowest BCUT2D eigenvalue weighted by molar-refractivity contribution is 0.178. The molecule has 0 aliphatic heterocycles. The lowest BCUT2D eigenvalue weighted by Crippen LogP contribution is -2.29. The van der Waals surface area contributed by atoms with Gasteiger partial charge in [0.1, 0.15) is 0 Å². The van der Waals surface area contributed by atoms with Crippen LogP contribution in [0.3, 0.4) is 0 Å². The van der Waals surface area contributed by atoms with E-state index in [1.54, 1.807) is 0 Å². The second-order valence-electron chi connectivity index (χ2n) is 6.93. The summed E-state index contributed by atoms with van der Waals surface area (Å²) in [5.41, 5.74) is 1.89. The number of fused-ring (bicyclic) bond motifs is 2. The predicted octanol–water partition coefficient (Wildman–Crippen LogP) is 4.79. The van der Waals surface area contributed by atoms with E-state index in [0.717, 1.165) is 0 Å². The molecule has 0 aromatic heterocycles. The first kappa shape index (κ1) is 14.2. The van der Waals surface area contributed by atoms with Gasteiger partial charge in [0.15, 0.2) is 0 Å². The van der Waals surface area contributed by atoms with Crippen molar-refractivity contribution in [1.82, 2.24) is 0 Å². The topological polar surface area (TPSA) is 20.2 Å². The molecule has 0 spiro atoms. The zero-order valence-electron chi connectivity index (χ0n) is 12.6. The molecule has 1 N–H and O–H groups in total. The Morgan fingerprint density at radius 1 is 1.25 bits per heavy atom. The van der Waals surface area contributed by atoms with Gasteiger partial charge in [-0.15, -0.1) is 11.8 Å². The van der Waals surface area contributed by atoms with E-state index in [-0.39, 0.29) is 11.9 Å². The van der Waals surface area contributed by atoms with Crippen LogP contribution in [0.1, 0.15) is 44.4 Å². The summed E-state index contributed by atoms with van der Waals surface area (Å²) in [6, 6.07) is 10.4. The number of rotatable bonds is 4. The zero-order valence-corrected chi connectivity index (χ0v) is 13.4. The van der Waals surface area contributed by atoms with Crippen LogP contribution in [-0.4, -0.2) is 11.7 Å². The standard InChI is InChI=1S/C18H24OS/c1-17(2)14-9-10-18(17,3)16(11-14)20-15(12-19)13-7-5-4-6-8-13/h4-8,11,14-15,19H,9-10,12H2,1-3H3/t14-,15-,18+/m1/s1. The van der Waals surface area contributed by atoms with Crippen LogP contribution in [0.4, 0.5) is 0 Å². The number of aliphatic hydroxyl groups is 1. The minimum absolute atomic E-state index is 0.162. The van der Waals surface area contributed by atoms with E-state index >= 15 is 0 Å². The lowest BCUT2D eigenvalue weighted by Gasteiger charge is -2.38. The Kier molecular flexibility index (Phi) is 3.50. The van der Waals surface area contributed by atoms with Gasteiger partial charge in [-0.2, -0.15) is 0 Å². The van der Waals surface area contributed by atoms with Crippen LogP contribution in [0.15, 0.2) is 41.3 Å². The van der Waals surface area contributed by atoms with Crippen molar-refractivity contribution in [3.63, 3.8) is 0 Å². The van der Waals surface area contributed by atoms with Crippen molar-refractivity contribution in [1.29, 1.82) is 0 Å². The molecule has 2 bridgehead atoms. The molecule has 20 heavy (non-hydrogen) atoms. The molecule has 0 radical (unpaired) electrons. The van der Waals surface area contributed by atoms with Crippen LogP contribution in [-0.2, 0) is 0 Å². The minimum Gasteiger partial charge on any atom is -0.395 e. The Morgan fingerprint density at radius 3 is 2.45 bits per heavy atom. The molecule has 0 heterocycles. The van der Waals surface area contributed by atoms with E-state index in [0.29, 0.717) is 16.7 Å². The third kappa shape index (κ3) is 1.96. The van der Waals surface area contributed by atoms with Gasteiger partial charge in [-0.3, -0.25) is 0 Å². The Labute approximate surface area is 126 Å². The van der Waals surface area contributed by atoms with E-state index in [9.17, 15) is 5.11 Å². The van der Waals surface area contributed by atoms with Gasteiger partial charge in [-0.1, -0.05) is 57.2 Å². The number of hydrogen-bond donors (Lipinski definition) is 1. The molecule has 108 valence electrons. The fourth-order valence-corrected chi connectivity index (χ4v) is 5.38. The van der Waals surface area contributed by atoms with Crippen LogP contribution in [0.5, 0.6) is 0 Å². The quantitative estimate of drug-likeness (QED) is 0.859. The van der Waals surface area contributed by atoms with Crippen molar-refractivity contribution in [3.8, 4) is 0 Å². The summed E-state index contributed by atoms with van der Waals surface area (Å²) in [5, 5.41) is 9.94. The zero-order chi connectivity index (χ0) is 14.4. The maximum atomic E-state index is 9.78. The van der Waals surface area contributed by atoms with Crippen LogP contribution in [0, 0.1) is 16.7 Å². The van der Waals surface area contributed by atoms with Gasteiger partial charge in [-0.05, 0) is 34.6 Å². The fourth-order valence-electron chi connectivity index (χ4n) is 3.84. The van der Waals surface area contributed by atoms with Gasteiger partial charge in [0.05, 0.1) is 11.9 Å². The van der Waals surface area contributed by atoms with Crippen molar-refractivity contribution in [3.05, 3.63) is 46.9 Å². The van der Waals surface area contributed by atoms with Gasteiger partial charge in [-0.25, -0.2) is 0 Å². The first-order valence-electron chi connectivity index (χ1n) is 7.54. The molecule has 0 amide bonds. The second kappa shape index (κ2) is 4.92. The summed E-state index contributed by atoms with van der Waals surface area (Å²) < 4.78 is 0. The van der Waals surface area contributed by atoms with Crippen molar-refractivity contribution in [2.45, 2.75) is 38.9 Å². The van der Waals surface area contributed by atoms with Crippen molar-refractivity contribution < 1.29 is 5.11 Å². The molecule has 0 saturated heterocycles. The van der Waals surface area contributed by atoms with Crippen LogP contribution in [0.2, 0.25) is 0 Å². The fraction of sp³-hybridized carbons (Fsp3) is 0.556. The molecule has 2 aliphatic rings. The monoisotopic (exact) mass is 288 g/mol.